The van der Waals surface area contributed by atoms with Gasteiger partial charge >= 0.3 is 0 Å². The molecule has 4 heteroatoms. The summed E-state index contributed by atoms with van der Waals surface area (Å²) in [6, 6.07) is 7.70. The van der Waals surface area contributed by atoms with Gasteiger partial charge in [0.25, 0.3) is 5.91 Å². The van der Waals surface area contributed by atoms with Crippen molar-refractivity contribution in [2.24, 2.45) is 29.1 Å². The first-order valence-corrected chi connectivity index (χ1v) is 11.0. The second-order valence-corrected chi connectivity index (χ2v) is 10.2. The molecule has 1 aromatic carbocycles. The van der Waals surface area contributed by atoms with Crippen molar-refractivity contribution in [2.45, 2.75) is 58.9 Å². The zero-order valence-electron chi connectivity index (χ0n) is 17.5. The molecule has 4 fully saturated rings. The normalized spacial score (nSPS) is 30.5. The van der Waals surface area contributed by atoms with Crippen LogP contribution in [-0.4, -0.2) is 30.3 Å². The molecule has 0 aromatic heterocycles. The van der Waals surface area contributed by atoms with Crippen molar-refractivity contribution in [2.75, 3.05) is 13.6 Å². The molecule has 4 aliphatic rings. The summed E-state index contributed by atoms with van der Waals surface area (Å²) in [4.78, 5) is 27.3. The fourth-order valence-electron chi connectivity index (χ4n) is 6.37. The van der Waals surface area contributed by atoms with Crippen molar-refractivity contribution < 1.29 is 9.59 Å². The summed E-state index contributed by atoms with van der Waals surface area (Å²) in [5, 5.41) is 3.22. The molecule has 152 valence electrons. The topological polar surface area (TPSA) is 49.4 Å². The predicted octanol–water partition coefficient (Wildman–Crippen LogP) is 4.25. The fourth-order valence-corrected chi connectivity index (χ4v) is 6.37. The largest absolute Gasteiger partial charge is 0.352 e. The van der Waals surface area contributed by atoms with Gasteiger partial charge in [0, 0.05) is 31.1 Å². The van der Waals surface area contributed by atoms with Crippen molar-refractivity contribution in [3.63, 3.8) is 0 Å². The Hall–Kier alpha value is -1.84. The summed E-state index contributed by atoms with van der Waals surface area (Å²) >= 11 is 0. The van der Waals surface area contributed by atoms with Crippen molar-refractivity contribution in [3.05, 3.63) is 35.4 Å². The molecular weight excluding hydrogens is 348 g/mol. The molecule has 4 bridgehead atoms. The van der Waals surface area contributed by atoms with Crippen LogP contribution in [0.15, 0.2) is 24.3 Å². The van der Waals surface area contributed by atoms with Crippen LogP contribution in [-0.2, 0) is 11.3 Å². The smallest absolute Gasteiger partial charge is 0.253 e. The van der Waals surface area contributed by atoms with E-state index in [1.165, 1.54) is 19.3 Å². The van der Waals surface area contributed by atoms with Crippen molar-refractivity contribution in [1.82, 2.24) is 10.2 Å². The molecule has 0 unspecified atom stereocenters. The zero-order chi connectivity index (χ0) is 19.9. The lowest BCUT2D eigenvalue weighted by atomic mass is 9.49. The Labute approximate surface area is 169 Å². The number of nitrogens with zero attached hydrogens (tertiary/aromatic N) is 1. The van der Waals surface area contributed by atoms with Crippen LogP contribution in [0.3, 0.4) is 0 Å². The minimum absolute atomic E-state index is 0.0536. The first kappa shape index (κ1) is 19.5. The third-order valence-electron chi connectivity index (χ3n) is 7.16. The van der Waals surface area contributed by atoms with E-state index in [4.69, 9.17) is 0 Å². The zero-order valence-corrected chi connectivity index (χ0v) is 17.5. The summed E-state index contributed by atoms with van der Waals surface area (Å²) in [6.07, 6.45) is 7.36. The highest BCUT2D eigenvalue weighted by Crippen LogP contribution is 2.60. The van der Waals surface area contributed by atoms with E-state index in [-0.39, 0.29) is 17.2 Å². The predicted molar refractivity (Wildman–Crippen MR) is 111 cm³/mol. The van der Waals surface area contributed by atoms with E-state index in [0.717, 1.165) is 49.1 Å². The maximum absolute atomic E-state index is 13.1. The Bertz CT molecular complexity index is 702. The molecule has 2 amide bonds. The number of amides is 2. The van der Waals surface area contributed by atoms with Crippen LogP contribution in [0, 0.1) is 29.1 Å². The molecule has 0 spiro atoms. The van der Waals surface area contributed by atoms with Crippen LogP contribution < -0.4 is 5.32 Å². The van der Waals surface area contributed by atoms with Crippen LogP contribution in [0.4, 0.5) is 0 Å². The quantitative estimate of drug-likeness (QED) is 0.800. The maximum Gasteiger partial charge on any atom is 0.253 e. The number of rotatable bonds is 6. The van der Waals surface area contributed by atoms with Crippen LogP contribution >= 0.6 is 0 Å². The van der Waals surface area contributed by atoms with Crippen LogP contribution in [0.5, 0.6) is 0 Å². The Morgan fingerprint density at radius 3 is 2.07 bits per heavy atom. The molecule has 0 heterocycles. The summed E-state index contributed by atoms with van der Waals surface area (Å²) in [5.41, 5.74) is 1.67. The molecule has 4 aliphatic carbocycles. The molecule has 1 aromatic rings. The van der Waals surface area contributed by atoms with E-state index in [2.05, 4.69) is 19.2 Å². The van der Waals surface area contributed by atoms with Gasteiger partial charge in [-0.15, -0.1) is 0 Å². The average molecular weight is 383 g/mol. The number of carbonyl (C=O) groups is 2. The van der Waals surface area contributed by atoms with Gasteiger partial charge in [0.15, 0.2) is 0 Å². The second kappa shape index (κ2) is 7.53. The number of carbonyl (C=O) groups excluding carboxylic acids is 2. The SMILES string of the molecule is CC(C)CN(C)C(=O)c1ccc(CNC(=O)C23CC4CC(CC(C4)C2)C3)cc1. The maximum atomic E-state index is 13.1. The van der Waals surface area contributed by atoms with E-state index in [9.17, 15) is 9.59 Å². The monoisotopic (exact) mass is 382 g/mol. The van der Waals surface area contributed by atoms with E-state index >= 15 is 0 Å². The average Bonchev–Trinajstić information content (AvgIpc) is 2.64. The van der Waals surface area contributed by atoms with E-state index in [1.807, 2.05) is 31.3 Å². The number of nitrogens with one attached hydrogen (secondary N) is 1. The lowest BCUT2D eigenvalue weighted by Crippen LogP contribution is -2.53. The van der Waals surface area contributed by atoms with Crippen molar-refractivity contribution >= 4 is 11.8 Å². The summed E-state index contributed by atoms with van der Waals surface area (Å²) < 4.78 is 0. The fraction of sp³-hybridized carbons (Fsp3) is 0.667. The molecule has 4 saturated carbocycles. The molecule has 1 N–H and O–H groups in total. The molecule has 28 heavy (non-hydrogen) atoms. The molecule has 5 rings (SSSR count). The minimum atomic E-state index is -0.0930. The summed E-state index contributed by atoms with van der Waals surface area (Å²) in [7, 11) is 1.85. The Kier molecular flexibility index (Phi) is 5.24. The Balaban J connectivity index is 1.34. The second-order valence-electron chi connectivity index (χ2n) is 10.2. The van der Waals surface area contributed by atoms with Gasteiger partial charge in [-0.3, -0.25) is 9.59 Å². The molecular formula is C24H34N2O2. The third-order valence-corrected chi connectivity index (χ3v) is 7.16. The van der Waals surface area contributed by atoms with Gasteiger partial charge in [0.2, 0.25) is 5.91 Å². The van der Waals surface area contributed by atoms with Crippen LogP contribution in [0.1, 0.15) is 68.3 Å². The van der Waals surface area contributed by atoms with Gasteiger partial charge < -0.3 is 10.2 Å². The molecule has 0 aliphatic heterocycles. The van der Waals surface area contributed by atoms with E-state index in [1.54, 1.807) is 4.90 Å². The molecule has 0 radical (unpaired) electrons. The van der Waals surface area contributed by atoms with Gasteiger partial charge in [-0.2, -0.15) is 0 Å². The lowest BCUT2D eigenvalue weighted by molar-refractivity contribution is -0.146. The van der Waals surface area contributed by atoms with Gasteiger partial charge in [0.1, 0.15) is 0 Å². The van der Waals surface area contributed by atoms with Crippen molar-refractivity contribution in [1.29, 1.82) is 0 Å². The van der Waals surface area contributed by atoms with Gasteiger partial charge in [-0.05, 0) is 79.9 Å². The first-order chi connectivity index (χ1) is 13.3. The highest BCUT2D eigenvalue weighted by molar-refractivity contribution is 5.94. The first-order valence-electron chi connectivity index (χ1n) is 11.0. The van der Waals surface area contributed by atoms with Gasteiger partial charge in [-0.1, -0.05) is 26.0 Å². The molecule has 0 atom stereocenters. The van der Waals surface area contributed by atoms with Gasteiger partial charge in [0.05, 0.1) is 0 Å². The van der Waals surface area contributed by atoms with E-state index in [0.29, 0.717) is 18.0 Å². The lowest BCUT2D eigenvalue weighted by Gasteiger charge is -2.55. The van der Waals surface area contributed by atoms with E-state index < -0.39 is 0 Å². The van der Waals surface area contributed by atoms with Crippen LogP contribution in [0.25, 0.3) is 0 Å². The third kappa shape index (κ3) is 3.83. The minimum Gasteiger partial charge on any atom is -0.352 e. The number of benzene rings is 1. The summed E-state index contributed by atoms with van der Waals surface area (Å²) in [6.45, 7) is 5.53. The Morgan fingerprint density at radius 1 is 1.04 bits per heavy atom. The highest BCUT2D eigenvalue weighted by atomic mass is 16.2. The number of hydrogen-bond acceptors (Lipinski definition) is 2. The highest BCUT2D eigenvalue weighted by Gasteiger charge is 2.54. The molecule has 0 saturated heterocycles. The standard InChI is InChI=1S/C24H34N2O2/c1-16(2)15-26(3)22(27)21-6-4-17(5-7-21)14-25-23(28)24-11-18-8-19(12-24)10-20(9-18)13-24/h4-7,16,18-20H,8-15H2,1-3H3,(H,25,28). The van der Waals surface area contributed by atoms with Crippen molar-refractivity contribution in [3.8, 4) is 0 Å². The Morgan fingerprint density at radius 2 is 1.57 bits per heavy atom. The van der Waals surface area contributed by atoms with Gasteiger partial charge in [-0.25, -0.2) is 0 Å². The number of hydrogen-bond donors (Lipinski definition) is 1. The summed E-state index contributed by atoms with van der Waals surface area (Å²) in [5.74, 6) is 3.12. The van der Waals surface area contributed by atoms with Crippen LogP contribution in [0.2, 0.25) is 0 Å². The molecule has 4 nitrogen and oxygen atoms in total.